The van der Waals surface area contributed by atoms with Crippen molar-refractivity contribution in [2.24, 2.45) is 11.8 Å². The standard InChI is InChI=1S/C15H23N.C2H6/c1-5-7-13(6-2)16-14-8-12(11(3)4)9-15(16)10-14;1-2/h5-7,11-12,14-15H,1-2,8-10H2,3-4H3;1-2H3/b13-7+;. The van der Waals surface area contributed by atoms with Gasteiger partial charge in [-0.25, -0.2) is 0 Å². The summed E-state index contributed by atoms with van der Waals surface area (Å²) in [5.41, 5.74) is 1.26. The Morgan fingerprint density at radius 2 is 1.67 bits per heavy atom. The number of allylic oxidation sites excluding steroid dienone is 3. The first-order valence-corrected chi connectivity index (χ1v) is 7.40. The highest BCUT2D eigenvalue weighted by molar-refractivity contribution is 5.25. The van der Waals surface area contributed by atoms with Crippen LogP contribution in [0.2, 0.25) is 0 Å². The van der Waals surface area contributed by atoms with Crippen LogP contribution in [0.4, 0.5) is 0 Å². The van der Waals surface area contributed by atoms with Gasteiger partial charge in [-0.2, -0.15) is 0 Å². The molecule has 1 heteroatoms. The van der Waals surface area contributed by atoms with Gasteiger partial charge in [0.25, 0.3) is 0 Å². The maximum atomic E-state index is 3.91. The molecule has 2 saturated heterocycles. The van der Waals surface area contributed by atoms with Gasteiger partial charge in [-0.05, 0) is 43.3 Å². The smallest absolute Gasteiger partial charge is 0.0365 e. The monoisotopic (exact) mass is 247 g/mol. The Hall–Kier alpha value is -0.980. The van der Waals surface area contributed by atoms with Gasteiger partial charge in [0.2, 0.25) is 0 Å². The third kappa shape index (κ3) is 2.88. The topological polar surface area (TPSA) is 3.24 Å². The van der Waals surface area contributed by atoms with Gasteiger partial charge in [-0.15, -0.1) is 0 Å². The summed E-state index contributed by atoms with van der Waals surface area (Å²) in [4.78, 5) is 2.55. The number of rotatable bonds is 4. The summed E-state index contributed by atoms with van der Waals surface area (Å²) < 4.78 is 0. The van der Waals surface area contributed by atoms with Crippen molar-refractivity contribution in [2.75, 3.05) is 0 Å². The van der Waals surface area contributed by atoms with E-state index in [1.807, 2.05) is 26.0 Å². The van der Waals surface area contributed by atoms with Gasteiger partial charge >= 0.3 is 0 Å². The van der Waals surface area contributed by atoms with E-state index in [4.69, 9.17) is 0 Å². The average molecular weight is 247 g/mol. The number of hydrogen-bond donors (Lipinski definition) is 0. The summed E-state index contributed by atoms with van der Waals surface area (Å²) in [5.74, 6) is 1.76. The molecule has 2 atom stereocenters. The second-order valence-corrected chi connectivity index (χ2v) is 5.46. The maximum absolute atomic E-state index is 3.91. The van der Waals surface area contributed by atoms with Crippen LogP contribution in [0.3, 0.4) is 0 Å². The van der Waals surface area contributed by atoms with E-state index in [9.17, 15) is 0 Å². The summed E-state index contributed by atoms with van der Waals surface area (Å²) in [6.45, 7) is 16.4. The van der Waals surface area contributed by atoms with Crippen LogP contribution < -0.4 is 0 Å². The van der Waals surface area contributed by atoms with Crippen LogP contribution in [-0.2, 0) is 0 Å². The SMILES string of the molecule is C=C/C=C(\C=C)N1C2CC(C(C)C)CC1C2.CC. The first kappa shape index (κ1) is 15.1. The lowest BCUT2D eigenvalue weighted by molar-refractivity contribution is -0.0307. The highest BCUT2D eigenvalue weighted by Gasteiger charge is 2.45. The lowest BCUT2D eigenvalue weighted by atomic mass is 9.69. The molecule has 0 aromatic carbocycles. The van der Waals surface area contributed by atoms with Crippen molar-refractivity contribution in [3.05, 3.63) is 37.1 Å². The van der Waals surface area contributed by atoms with Crippen LogP contribution in [0.5, 0.6) is 0 Å². The molecule has 3 fully saturated rings. The van der Waals surface area contributed by atoms with Crippen LogP contribution in [0, 0.1) is 11.8 Å². The van der Waals surface area contributed by atoms with Crippen molar-refractivity contribution in [3.8, 4) is 0 Å². The van der Waals surface area contributed by atoms with Gasteiger partial charge < -0.3 is 4.90 Å². The van der Waals surface area contributed by atoms with Gasteiger partial charge in [-0.3, -0.25) is 0 Å². The van der Waals surface area contributed by atoms with Crippen molar-refractivity contribution >= 4 is 0 Å². The molecule has 18 heavy (non-hydrogen) atoms. The molecule has 2 heterocycles. The molecular weight excluding hydrogens is 218 g/mol. The number of nitrogens with zero attached hydrogens (tertiary/aromatic N) is 1. The van der Waals surface area contributed by atoms with Crippen LogP contribution >= 0.6 is 0 Å². The summed E-state index contributed by atoms with van der Waals surface area (Å²) in [5, 5.41) is 0. The highest BCUT2D eigenvalue weighted by Crippen LogP contribution is 2.45. The molecule has 1 saturated carbocycles. The van der Waals surface area contributed by atoms with Crippen molar-refractivity contribution in [3.63, 3.8) is 0 Å². The second-order valence-electron chi connectivity index (χ2n) is 5.46. The minimum Gasteiger partial charge on any atom is -0.365 e. The second kappa shape index (κ2) is 6.82. The molecule has 2 aliphatic heterocycles. The third-order valence-electron chi connectivity index (χ3n) is 4.22. The molecule has 0 N–H and O–H groups in total. The minimum atomic E-state index is 0.760. The maximum Gasteiger partial charge on any atom is 0.0365 e. The zero-order valence-corrected chi connectivity index (χ0v) is 12.5. The van der Waals surface area contributed by atoms with E-state index >= 15 is 0 Å². The predicted molar refractivity (Wildman–Crippen MR) is 81.4 cm³/mol. The molecule has 1 nitrogen and oxygen atoms in total. The van der Waals surface area contributed by atoms with E-state index in [0.717, 1.165) is 23.9 Å². The Balaban J connectivity index is 0.000000771. The average Bonchev–Trinajstić information content (AvgIpc) is 2.40. The van der Waals surface area contributed by atoms with E-state index in [-0.39, 0.29) is 0 Å². The van der Waals surface area contributed by atoms with Gasteiger partial charge in [0.15, 0.2) is 0 Å². The molecule has 1 aliphatic carbocycles. The summed E-state index contributed by atoms with van der Waals surface area (Å²) in [6.07, 6.45) is 10.0. The summed E-state index contributed by atoms with van der Waals surface area (Å²) in [7, 11) is 0. The molecule has 0 aromatic heterocycles. The fraction of sp³-hybridized carbons (Fsp3) is 0.647. The van der Waals surface area contributed by atoms with Crippen molar-refractivity contribution in [1.82, 2.24) is 4.90 Å². The Bertz CT molecular complexity index is 302. The normalized spacial score (nSPS) is 30.2. The van der Waals surface area contributed by atoms with Crippen molar-refractivity contribution in [1.29, 1.82) is 0 Å². The molecule has 0 amide bonds. The van der Waals surface area contributed by atoms with Crippen LogP contribution in [-0.4, -0.2) is 17.0 Å². The minimum absolute atomic E-state index is 0.760. The number of piperidine rings is 1. The van der Waals surface area contributed by atoms with Gasteiger partial charge in [0.1, 0.15) is 0 Å². The fourth-order valence-electron chi connectivity index (χ4n) is 3.26. The molecule has 0 aromatic rings. The van der Waals surface area contributed by atoms with Crippen LogP contribution in [0.15, 0.2) is 37.1 Å². The van der Waals surface area contributed by atoms with Gasteiger partial charge in [-0.1, -0.05) is 46.9 Å². The summed E-state index contributed by atoms with van der Waals surface area (Å²) in [6, 6.07) is 1.52. The van der Waals surface area contributed by atoms with Crippen molar-refractivity contribution < 1.29 is 0 Å². The van der Waals surface area contributed by atoms with Crippen LogP contribution in [0.1, 0.15) is 47.0 Å². The number of hydrogen-bond acceptors (Lipinski definition) is 1. The lowest BCUT2D eigenvalue weighted by Gasteiger charge is -2.58. The molecule has 3 rings (SSSR count). The highest BCUT2D eigenvalue weighted by atomic mass is 15.3. The zero-order valence-electron chi connectivity index (χ0n) is 12.5. The van der Waals surface area contributed by atoms with Crippen LogP contribution in [0.25, 0.3) is 0 Å². The Morgan fingerprint density at radius 1 is 1.11 bits per heavy atom. The Kier molecular flexibility index (Phi) is 5.71. The van der Waals surface area contributed by atoms with E-state index < -0.39 is 0 Å². The number of fused-ring (bicyclic) bond motifs is 2. The molecule has 0 spiro atoms. The van der Waals surface area contributed by atoms with E-state index in [0.29, 0.717) is 0 Å². The largest absolute Gasteiger partial charge is 0.365 e. The molecular formula is C17H29N. The quantitative estimate of drug-likeness (QED) is 0.646. The predicted octanol–water partition coefficient (Wildman–Crippen LogP) is 4.78. The Morgan fingerprint density at radius 3 is 2.06 bits per heavy atom. The van der Waals surface area contributed by atoms with Gasteiger partial charge in [0, 0.05) is 17.8 Å². The molecule has 0 radical (unpaired) electrons. The first-order chi connectivity index (χ1) is 8.67. The lowest BCUT2D eigenvalue weighted by Crippen LogP contribution is -2.60. The summed E-state index contributed by atoms with van der Waals surface area (Å²) >= 11 is 0. The fourth-order valence-corrected chi connectivity index (χ4v) is 3.26. The first-order valence-electron chi connectivity index (χ1n) is 7.40. The van der Waals surface area contributed by atoms with E-state index in [2.05, 4.69) is 38.0 Å². The third-order valence-corrected chi connectivity index (χ3v) is 4.22. The molecule has 2 unspecified atom stereocenters. The molecule has 102 valence electrons. The molecule has 3 aliphatic rings. The van der Waals surface area contributed by atoms with E-state index in [1.165, 1.54) is 25.0 Å². The van der Waals surface area contributed by atoms with Crippen molar-refractivity contribution in [2.45, 2.75) is 59.0 Å². The Labute approximate surface area is 113 Å². The zero-order chi connectivity index (χ0) is 13.7. The molecule has 2 bridgehead atoms. The van der Waals surface area contributed by atoms with E-state index in [1.54, 1.807) is 0 Å². The van der Waals surface area contributed by atoms with Gasteiger partial charge in [0.05, 0.1) is 0 Å².